The molecule has 1 N–H and O–H groups in total. The summed E-state index contributed by atoms with van der Waals surface area (Å²) in [6.45, 7) is 7.55. The van der Waals surface area contributed by atoms with Gasteiger partial charge in [0, 0.05) is 13.7 Å². The first kappa shape index (κ1) is 15.0. The summed E-state index contributed by atoms with van der Waals surface area (Å²) in [4.78, 5) is 0. The van der Waals surface area contributed by atoms with E-state index in [2.05, 4.69) is 20.8 Å². The average molecular weight is 242 g/mol. The predicted octanol–water partition coefficient (Wildman–Crippen LogP) is 3.63. The lowest BCUT2D eigenvalue weighted by atomic mass is 9.80. The third kappa shape index (κ3) is 4.26. The molecule has 1 saturated carbocycles. The van der Waals surface area contributed by atoms with Gasteiger partial charge in [-0.05, 0) is 43.4 Å². The number of hydrogen-bond donors (Lipinski definition) is 1. The quantitative estimate of drug-likeness (QED) is 0.746. The third-order valence-electron chi connectivity index (χ3n) is 4.75. The molecule has 0 saturated heterocycles. The first-order valence-electron chi connectivity index (χ1n) is 7.21. The summed E-state index contributed by atoms with van der Waals surface area (Å²) in [7, 11) is 1.73. The van der Waals surface area contributed by atoms with Crippen molar-refractivity contribution in [2.45, 2.75) is 64.9 Å². The van der Waals surface area contributed by atoms with Crippen LogP contribution in [-0.2, 0) is 4.74 Å². The van der Waals surface area contributed by atoms with E-state index in [-0.39, 0.29) is 0 Å². The second kappa shape index (κ2) is 6.75. The summed E-state index contributed by atoms with van der Waals surface area (Å²) >= 11 is 0. The number of methoxy groups -OCH3 is 1. The first-order valence-corrected chi connectivity index (χ1v) is 7.21. The minimum absolute atomic E-state index is 0.355. The second-order valence-electron chi connectivity index (χ2n) is 6.22. The molecule has 3 atom stereocenters. The van der Waals surface area contributed by atoms with Gasteiger partial charge in [-0.1, -0.05) is 33.6 Å². The molecule has 1 aliphatic rings. The molecule has 17 heavy (non-hydrogen) atoms. The summed E-state index contributed by atoms with van der Waals surface area (Å²) in [6.07, 6.45) is 6.57. The smallest absolute Gasteiger partial charge is 0.0674 e. The van der Waals surface area contributed by atoms with E-state index in [0.717, 1.165) is 37.7 Å². The molecule has 2 nitrogen and oxygen atoms in total. The van der Waals surface area contributed by atoms with Gasteiger partial charge in [0.15, 0.2) is 0 Å². The fourth-order valence-corrected chi connectivity index (χ4v) is 3.10. The van der Waals surface area contributed by atoms with Crippen molar-refractivity contribution in [3.05, 3.63) is 0 Å². The van der Waals surface area contributed by atoms with Crippen LogP contribution >= 0.6 is 0 Å². The molecule has 0 aromatic rings. The van der Waals surface area contributed by atoms with E-state index in [9.17, 15) is 5.11 Å². The number of hydrogen-bond acceptors (Lipinski definition) is 2. The highest BCUT2D eigenvalue weighted by Crippen LogP contribution is 2.38. The van der Waals surface area contributed by atoms with Crippen LogP contribution < -0.4 is 0 Å². The van der Waals surface area contributed by atoms with Crippen molar-refractivity contribution in [1.82, 2.24) is 0 Å². The van der Waals surface area contributed by atoms with E-state index in [1.807, 2.05) is 0 Å². The molecular formula is C15H30O2. The third-order valence-corrected chi connectivity index (χ3v) is 4.75. The minimum Gasteiger partial charge on any atom is -0.390 e. The SMILES string of the molecule is COCCC(C)C1(O)CCCC(C(C)C)CC1. The van der Waals surface area contributed by atoms with Crippen LogP contribution in [0, 0.1) is 17.8 Å². The Kier molecular flexibility index (Phi) is 5.94. The Morgan fingerprint density at radius 3 is 2.53 bits per heavy atom. The number of rotatable bonds is 5. The van der Waals surface area contributed by atoms with E-state index < -0.39 is 5.60 Å². The van der Waals surface area contributed by atoms with Crippen LogP contribution in [0.4, 0.5) is 0 Å². The van der Waals surface area contributed by atoms with Gasteiger partial charge in [0.05, 0.1) is 5.60 Å². The molecule has 102 valence electrons. The van der Waals surface area contributed by atoms with E-state index >= 15 is 0 Å². The van der Waals surface area contributed by atoms with E-state index in [1.165, 1.54) is 19.3 Å². The Bertz CT molecular complexity index is 215. The molecule has 3 unspecified atom stereocenters. The highest BCUT2D eigenvalue weighted by Gasteiger charge is 2.36. The van der Waals surface area contributed by atoms with Crippen molar-refractivity contribution in [1.29, 1.82) is 0 Å². The fraction of sp³-hybridized carbons (Fsp3) is 1.00. The Morgan fingerprint density at radius 1 is 1.24 bits per heavy atom. The van der Waals surface area contributed by atoms with Crippen molar-refractivity contribution >= 4 is 0 Å². The van der Waals surface area contributed by atoms with Gasteiger partial charge in [-0.25, -0.2) is 0 Å². The van der Waals surface area contributed by atoms with Crippen molar-refractivity contribution in [3.8, 4) is 0 Å². The van der Waals surface area contributed by atoms with Crippen molar-refractivity contribution in [2.24, 2.45) is 17.8 Å². The summed E-state index contributed by atoms with van der Waals surface area (Å²) in [6, 6.07) is 0. The maximum Gasteiger partial charge on any atom is 0.0674 e. The highest BCUT2D eigenvalue weighted by molar-refractivity contribution is 4.88. The van der Waals surface area contributed by atoms with Crippen LogP contribution in [0.25, 0.3) is 0 Å². The van der Waals surface area contributed by atoms with Crippen LogP contribution in [0.15, 0.2) is 0 Å². The van der Waals surface area contributed by atoms with Crippen molar-refractivity contribution in [3.63, 3.8) is 0 Å². The van der Waals surface area contributed by atoms with Gasteiger partial charge in [0.25, 0.3) is 0 Å². The molecule has 0 bridgehead atoms. The topological polar surface area (TPSA) is 29.5 Å². The molecule has 1 fully saturated rings. The summed E-state index contributed by atoms with van der Waals surface area (Å²) < 4.78 is 5.13. The van der Waals surface area contributed by atoms with Gasteiger partial charge in [0.2, 0.25) is 0 Å². The lowest BCUT2D eigenvalue weighted by Crippen LogP contribution is -2.36. The molecule has 0 spiro atoms. The van der Waals surface area contributed by atoms with Gasteiger partial charge < -0.3 is 9.84 Å². The largest absolute Gasteiger partial charge is 0.390 e. The van der Waals surface area contributed by atoms with Gasteiger partial charge in [0.1, 0.15) is 0 Å². The number of ether oxygens (including phenoxy) is 1. The monoisotopic (exact) mass is 242 g/mol. The maximum absolute atomic E-state index is 10.8. The zero-order valence-electron chi connectivity index (χ0n) is 12.0. The zero-order valence-corrected chi connectivity index (χ0v) is 12.0. The highest BCUT2D eigenvalue weighted by atomic mass is 16.5. The van der Waals surface area contributed by atoms with E-state index in [1.54, 1.807) is 7.11 Å². The summed E-state index contributed by atoms with van der Waals surface area (Å²) in [5, 5.41) is 10.8. The van der Waals surface area contributed by atoms with E-state index in [0.29, 0.717) is 5.92 Å². The van der Waals surface area contributed by atoms with Crippen LogP contribution in [0.1, 0.15) is 59.3 Å². The lowest BCUT2D eigenvalue weighted by molar-refractivity contribution is -0.0361. The number of aliphatic hydroxyl groups is 1. The predicted molar refractivity (Wildman–Crippen MR) is 72.0 cm³/mol. The van der Waals surface area contributed by atoms with Crippen LogP contribution in [0.2, 0.25) is 0 Å². The van der Waals surface area contributed by atoms with Crippen molar-refractivity contribution in [2.75, 3.05) is 13.7 Å². The summed E-state index contributed by atoms with van der Waals surface area (Å²) in [5.74, 6) is 1.92. The molecule has 1 rings (SSSR count). The molecule has 0 aromatic carbocycles. The molecule has 0 radical (unpaired) electrons. The van der Waals surface area contributed by atoms with Gasteiger partial charge in [-0.15, -0.1) is 0 Å². The van der Waals surface area contributed by atoms with Gasteiger partial charge in [-0.3, -0.25) is 0 Å². The summed E-state index contributed by atoms with van der Waals surface area (Å²) in [5.41, 5.74) is -0.442. The molecule has 1 aliphatic carbocycles. The molecule has 0 aromatic heterocycles. The molecule has 0 amide bonds. The van der Waals surface area contributed by atoms with E-state index in [4.69, 9.17) is 4.74 Å². The Hall–Kier alpha value is -0.0800. The molecule has 0 heterocycles. The fourth-order valence-electron chi connectivity index (χ4n) is 3.10. The second-order valence-corrected chi connectivity index (χ2v) is 6.22. The standard InChI is InChI=1S/C15H30O2/c1-12(2)14-6-5-9-15(16,10-7-14)13(3)8-11-17-4/h12-14,16H,5-11H2,1-4H3. The molecule has 2 heteroatoms. The van der Waals surface area contributed by atoms with Crippen LogP contribution in [-0.4, -0.2) is 24.4 Å². The average Bonchev–Trinajstić information content (AvgIpc) is 2.49. The minimum atomic E-state index is -0.442. The molecular weight excluding hydrogens is 212 g/mol. The first-order chi connectivity index (χ1) is 7.99. The van der Waals surface area contributed by atoms with Crippen LogP contribution in [0.3, 0.4) is 0 Å². The van der Waals surface area contributed by atoms with Gasteiger partial charge in [-0.2, -0.15) is 0 Å². The zero-order chi connectivity index (χ0) is 12.9. The van der Waals surface area contributed by atoms with Gasteiger partial charge >= 0.3 is 0 Å². The van der Waals surface area contributed by atoms with Crippen molar-refractivity contribution < 1.29 is 9.84 Å². The Balaban J connectivity index is 2.52. The lowest BCUT2D eigenvalue weighted by Gasteiger charge is -2.33. The normalized spacial score (nSPS) is 32.5. The molecule has 0 aliphatic heterocycles. The Labute approximate surface area is 107 Å². The Morgan fingerprint density at radius 2 is 1.94 bits per heavy atom. The van der Waals surface area contributed by atoms with Crippen LogP contribution in [0.5, 0.6) is 0 Å². The maximum atomic E-state index is 10.8.